The minimum Gasteiger partial charge on any atom is -0.480 e. The first-order valence-electron chi connectivity index (χ1n) is 7.85. The molecule has 0 radical (unpaired) electrons. The highest BCUT2D eigenvalue weighted by Gasteiger charge is 2.33. The van der Waals surface area contributed by atoms with Crippen molar-refractivity contribution in [1.82, 2.24) is 5.32 Å². The molecular formula is C18H15Cl3N2O3. The normalized spacial score (nSPS) is 18.6. The lowest BCUT2D eigenvalue weighted by Gasteiger charge is -2.32. The van der Waals surface area contributed by atoms with Crippen molar-refractivity contribution in [2.75, 3.05) is 5.32 Å². The summed E-state index contributed by atoms with van der Waals surface area (Å²) in [5, 5.41) is 16.5. The number of hydrogen-bond acceptors (Lipinski definition) is 3. The van der Waals surface area contributed by atoms with Crippen molar-refractivity contribution in [3.8, 4) is 0 Å². The highest BCUT2D eigenvalue weighted by Crippen LogP contribution is 2.39. The number of halogens is 3. The zero-order valence-electron chi connectivity index (χ0n) is 13.4. The molecule has 0 spiro atoms. The Morgan fingerprint density at radius 2 is 1.81 bits per heavy atom. The first kappa shape index (κ1) is 18.8. The van der Waals surface area contributed by atoms with Crippen LogP contribution in [0.3, 0.4) is 0 Å². The molecular weight excluding hydrogens is 399 g/mol. The van der Waals surface area contributed by atoms with Gasteiger partial charge in [0, 0.05) is 32.7 Å². The van der Waals surface area contributed by atoms with Crippen LogP contribution in [0.5, 0.6) is 0 Å². The van der Waals surface area contributed by atoms with Crippen LogP contribution < -0.4 is 10.6 Å². The van der Waals surface area contributed by atoms with Crippen molar-refractivity contribution in [2.45, 2.75) is 24.9 Å². The van der Waals surface area contributed by atoms with Crippen LogP contribution >= 0.6 is 34.8 Å². The van der Waals surface area contributed by atoms with Crippen LogP contribution in [0, 0.1) is 0 Å². The standard InChI is InChI=1S/C18H15Cl3N2O3/c19-10-3-1-9(2-4-10)5-16(24)23-14-8-15(18(25)26)22-13-7-11(20)6-12(21)17(13)14/h1-4,6-7,14-15,22H,5,8H2,(H,23,24)(H,25,26). The van der Waals surface area contributed by atoms with E-state index in [2.05, 4.69) is 10.6 Å². The van der Waals surface area contributed by atoms with Gasteiger partial charge < -0.3 is 15.7 Å². The van der Waals surface area contributed by atoms with Crippen LogP contribution in [-0.4, -0.2) is 23.0 Å². The summed E-state index contributed by atoms with van der Waals surface area (Å²) < 4.78 is 0. The molecule has 0 fully saturated rings. The van der Waals surface area contributed by atoms with Crippen LogP contribution in [0.25, 0.3) is 0 Å². The molecule has 1 aliphatic rings. The Morgan fingerprint density at radius 1 is 1.12 bits per heavy atom. The number of carboxylic acids is 1. The van der Waals surface area contributed by atoms with Gasteiger partial charge in [0.05, 0.1) is 12.5 Å². The maximum absolute atomic E-state index is 12.4. The number of rotatable bonds is 4. The lowest BCUT2D eigenvalue weighted by atomic mass is 9.92. The van der Waals surface area contributed by atoms with Gasteiger partial charge in [0.1, 0.15) is 6.04 Å². The SMILES string of the molecule is O=C(Cc1ccc(Cl)cc1)NC1CC(C(=O)O)Nc2cc(Cl)cc(Cl)c21. The van der Waals surface area contributed by atoms with Gasteiger partial charge in [-0.25, -0.2) is 4.79 Å². The second-order valence-corrected chi connectivity index (χ2v) is 7.32. The van der Waals surface area contributed by atoms with Gasteiger partial charge >= 0.3 is 5.97 Å². The summed E-state index contributed by atoms with van der Waals surface area (Å²) in [6, 6.07) is 8.76. The fraction of sp³-hybridized carbons (Fsp3) is 0.222. The van der Waals surface area contributed by atoms with Gasteiger partial charge in [0.2, 0.25) is 5.91 Å². The van der Waals surface area contributed by atoms with Gasteiger partial charge in [-0.1, -0.05) is 46.9 Å². The van der Waals surface area contributed by atoms with E-state index in [9.17, 15) is 14.7 Å². The van der Waals surface area contributed by atoms with Crippen LogP contribution in [0.1, 0.15) is 23.6 Å². The molecule has 0 saturated heterocycles. The van der Waals surface area contributed by atoms with Crippen LogP contribution in [0.15, 0.2) is 36.4 Å². The van der Waals surface area contributed by atoms with Crippen LogP contribution in [0.4, 0.5) is 5.69 Å². The van der Waals surface area contributed by atoms with Gasteiger partial charge in [0.25, 0.3) is 0 Å². The minimum atomic E-state index is -1.01. The number of carboxylic acid groups (broad SMARTS) is 1. The molecule has 136 valence electrons. The number of benzene rings is 2. The summed E-state index contributed by atoms with van der Waals surface area (Å²) in [5.74, 6) is -1.25. The molecule has 1 aliphatic heterocycles. The quantitative estimate of drug-likeness (QED) is 0.698. The number of nitrogens with one attached hydrogen (secondary N) is 2. The van der Waals surface area contributed by atoms with Gasteiger partial charge in [-0.2, -0.15) is 0 Å². The fourth-order valence-corrected chi connectivity index (χ4v) is 3.74. The second kappa shape index (κ2) is 7.74. The third kappa shape index (κ3) is 4.23. The largest absolute Gasteiger partial charge is 0.480 e. The fourth-order valence-electron chi connectivity index (χ4n) is 2.99. The summed E-state index contributed by atoms with van der Waals surface area (Å²) in [6.07, 6.45) is 0.329. The molecule has 1 heterocycles. The maximum atomic E-state index is 12.4. The molecule has 2 aromatic rings. The topological polar surface area (TPSA) is 78.4 Å². The van der Waals surface area contributed by atoms with E-state index < -0.39 is 18.1 Å². The predicted octanol–water partition coefficient (Wildman–Crippen LogP) is 4.32. The van der Waals surface area contributed by atoms with E-state index in [0.717, 1.165) is 5.56 Å². The predicted molar refractivity (Wildman–Crippen MR) is 102 cm³/mol. The first-order chi connectivity index (χ1) is 12.3. The summed E-state index contributed by atoms with van der Waals surface area (Å²) in [6.45, 7) is 0. The summed E-state index contributed by atoms with van der Waals surface area (Å²) >= 11 is 18.2. The molecule has 0 aliphatic carbocycles. The lowest BCUT2D eigenvalue weighted by Crippen LogP contribution is -2.41. The van der Waals surface area contributed by atoms with Gasteiger partial charge in [-0.3, -0.25) is 4.79 Å². The van der Waals surface area contributed by atoms with E-state index in [-0.39, 0.29) is 18.7 Å². The third-order valence-electron chi connectivity index (χ3n) is 4.16. The van der Waals surface area contributed by atoms with E-state index in [1.165, 1.54) is 0 Å². The second-order valence-electron chi connectivity index (χ2n) is 6.04. The number of fused-ring (bicyclic) bond motifs is 1. The number of anilines is 1. The Hall–Kier alpha value is -1.95. The number of aliphatic carboxylic acids is 1. The molecule has 3 N–H and O–H groups in total. The van der Waals surface area contributed by atoms with E-state index in [4.69, 9.17) is 34.8 Å². The molecule has 2 atom stereocenters. The highest BCUT2D eigenvalue weighted by molar-refractivity contribution is 6.35. The highest BCUT2D eigenvalue weighted by atomic mass is 35.5. The maximum Gasteiger partial charge on any atom is 0.326 e. The molecule has 1 amide bonds. The molecule has 0 bridgehead atoms. The Morgan fingerprint density at radius 3 is 2.46 bits per heavy atom. The Kier molecular flexibility index (Phi) is 5.61. The Bertz CT molecular complexity index is 856. The third-order valence-corrected chi connectivity index (χ3v) is 4.94. The number of hydrogen-bond donors (Lipinski definition) is 3. The van der Waals surface area contributed by atoms with E-state index in [0.29, 0.717) is 26.3 Å². The van der Waals surface area contributed by atoms with Gasteiger partial charge in [0.15, 0.2) is 0 Å². The molecule has 5 nitrogen and oxygen atoms in total. The molecule has 0 saturated carbocycles. The smallest absolute Gasteiger partial charge is 0.326 e. The molecule has 2 aromatic carbocycles. The van der Waals surface area contributed by atoms with Crippen molar-refractivity contribution < 1.29 is 14.7 Å². The number of amides is 1. The van der Waals surface area contributed by atoms with Crippen molar-refractivity contribution in [3.05, 3.63) is 62.6 Å². The average Bonchev–Trinajstić information content (AvgIpc) is 2.55. The van der Waals surface area contributed by atoms with Crippen molar-refractivity contribution in [2.24, 2.45) is 0 Å². The summed E-state index contributed by atoms with van der Waals surface area (Å²) in [4.78, 5) is 23.9. The number of carbonyl (C=O) groups excluding carboxylic acids is 1. The van der Waals surface area contributed by atoms with Crippen molar-refractivity contribution in [1.29, 1.82) is 0 Å². The monoisotopic (exact) mass is 412 g/mol. The van der Waals surface area contributed by atoms with E-state index in [1.807, 2.05) is 0 Å². The van der Waals surface area contributed by atoms with E-state index in [1.54, 1.807) is 36.4 Å². The first-order valence-corrected chi connectivity index (χ1v) is 8.99. The Balaban J connectivity index is 1.83. The lowest BCUT2D eigenvalue weighted by molar-refractivity contribution is -0.138. The average molecular weight is 414 g/mol. The minimum absolute atomic E-state index is 0.152. The molecule has 3 rings (SSSR count). The van der Waals surface area contributed by atoms with Crippen LogP contribution in [-0.2, 0) is 16.0 Å². The van der Waals surface area contributed by atoms with E-state index >= 15 is 0 Å². The van der Waals surface area contributed by atoms with Crippen molar-refractivity contribution in [3.63, 3.8) is 0 Å². The number of carbonyl (C=O) groups is 2. The Labute approximate surface area is 165 Å². The summed E-state index contributed by atoms with van der Waals surface area (Å²) in [7, 11) is 0. The van der Waals surface area contributed by atoms with Crippen LogP contribution in [0.2, 0.25) is 15.1 Å². The van der Waals surface area contributed by atoms with Gasteiger partial charge in [-0.15, -0.1) is 0 Å². The van der Waals surface area contributed by atoms with Crippen molar-refractivity contribution >= 4 is 52.4 Å². The van der Waals surface area contributed by atoms with Gasteiger partial charge in [-0.05, 0) is 29.8 Å². The summed E-state index contributed by atoms with van der Waals surface area (Å²) in [5.41, 5.74) is 1.95. The zero-order chi connectivity index (χ0) is 18.8. The molecule has 8 heteroatoms. The molecule has 26 heavy (non-hydrogen) atoms. The molecule has 0 aromatic heterocycles. The molecule has 2 unspecified atom stereocenters. The zero-order valence-corrected chi connectivity index (χ0v) is 15.7.